The zero-order valence-corrected chi connectivity index (χ0v) is 13.2. The molecule has 4 nitrogen and oxygen atoms in total. The zero-order valence-electron chi connectivity index (χ0n) is 13.2. The number of carbonyl (C=O) groups excluding carboxylic acids is 1. The molecule has 0 spiro atoms. The molecule has 118 valence electrons. The Kier molecular flexibility index (Phi) is 3.79. The summed E-state index contributed by atoms with van der Waals surface area (Å²) in [4.78, 5) is 23.1. The van der Waals surface area contributed by atoms with E-state index in [1.165, 1.54) is 11.1 Å². The second-order valence-electron chi connectivity index (χ2n) is 5.86. The quantitative estimate of drug-likeness (QED) is 0.726. The Morgan fingerprint density at radius 1 is 0.958 bits per heavy atom. The highest BCUT2D eigenvalue weighted by atomic mass is 16.2. The van der Waals surface area contributed by atoms with E-state index in [9.17, 15) is 4.79 Å². The van der Waals surface area contributed by atoms with Gasteiger partial charge >= 0.3 is 0 Å². The maximum atomic E-state index is 12.7. The average molecular weight is 315 g/mol. The van der Waals surface area contributed by atoms with Gasteiger partial charge < -0.3 is 4.90 Å². The van der Waals surface area contributed by atoms with E-state index in [1.54, 1.807) is 12.4 Å². The lowest BCUT2D eigenvalue weighted by Crippen LogP contribution is -2.34. The molecule has 0 bridgehead atoms. The number of benzene rings is 2. The summed E-state index contributed by atoms with van der Waals surface area (Å²) in [5.41, 5.74) is 4.77. The van der Waals surface area contributed by atoms with Crippen molar-refractivity contribution >= 4 is 22.5 Å². The zero-order chi connectivity index (χ0) is 16.4. The molecule has 0 saturated carbocycles. The van der Waals surface area contributed by atoms with Crippen LogP contribution in [-0.4, -0.2) is 33.9 Å². The Bertz CT molecular complexity index is 918. The highest BCUT2D eigenvalue weighted by Crippen LogP contribution is 2.23. The fourth-order valence-electron chi connectivity index (χ4n) is 3.05. The molecule has 1 amide bonds. The Hall–Kier alpha value is -3.01. The summed E-state index contributed by atoms with van der Waals surface area (Å²) in [5, 5.41) is 0. The smallest absolute Gasteiger partial charge is 0.254 e. The molecular formula is C20H17N3O. The highest BCUT2D eigenvalue weighted by molar-refractivity contribution is 5.97. The molecule has 24 heavy (non-hydrogen) atoms. The Balaban J connectivity index is 1.54. The van der Waals surface area contributed by atoms with Crippen LogP contribution in [0.25, 0.3) is 16.6 Å². The Morgan fingerprint density at radius 2 is 1.75 bits per heavy atom. The minimum Gasteiger partial charge on any atom is -0.335 e. The number of hydrogen-bond acceptors (Lipinski definition) is 3. The number of fused-ring (bicyclic) bond motifs is 1. The molecule has 0 fully saturated rings. The normalized spacial score (nSPS) is 14.5. The lowest BCUT2D eigenvalue weighted by molar-refractivity contribution is 0.0773. The molecule has 3 aromatic rings. The number of amides is 1. The van der Waals surface area contributed by atoms with Crippen molar-refractivity contribution in [2.75, 3.05) is 13.1 Å². The molecule has 4 heteroatoms. The summed E-state index contributed by atoms with van der Waals surface area (Å²) in [5.74, 6) is 0.0471. The third-order valence-electron chi connectivity index (χ3n) is 4.36. The first-order chi connectivity index (χ1) is 11.8. The first-order valence-corrected chi connectivity index (χ1v) is 8.06. The predicted octanol–water partition coefficient (Wildman–Crippen LogP) is 3.56. The van der Waals surface area contributed by atoms with E-state index in [4.69, 9.17) is 0 Å². The lowest BCUT2D eigenvalue weighted by Gasteiger charge is -2.26. The predicted molar refractivity (Wildman–Crippen MR) is 94.5 cm³/mol. The topological polar surface area (TPSA) is 46.1 Å². The van der Waals surface area contributed by atoms with Gasteiger partial charge in [-0.15, -0.1) is 0 Å². The monoisotopic (exact) mass is 315 g/mol. The van der Waals surface area contributed by atoms with Crippen LogP contribution in [-0.2, 0) is 0 Å². The molecule has 1 aromatic heterocycles. The van der Waals surface area contributed by atoms with Crippen molar-refractivity contribution in [3.05, 3.63) is 78.1 Å². The molecule has 2 aromatic carbocycles. The molecule has 0 radical (unpaired) electrons. The van der Waals surface area contributed by atoms with Crippen LogP contribution < -0.4 is 0 Å². The van der Waals surface area contributed by atoms with Gasteiger partial charge in [0.2, 0.25) is 0 Å². The number of aromatic nitrogens is 2. The van der Waals surface area contributed by atoms with Crippen molar-refractivity contribution in [2.24, 2.45) is 0 Å². The van der Waals surface area contributed by atoms with E-state index in [0.717, 1.165) is 24.0 Å². The number of rotatable bonds is 2. The molecule has 1 aliphatic heterocycles. The highest BCUT2D eigenvalue weighted by Gasteiger charge is 2.19. The maximum Gasteiger partial charge on any atom is 0.254 e. The molecule has 0 unspecified atom stereocenters. The summed E-state index contributed by atoms with van der Waals surface area (Å²) >= 11 is 0. The van der Waals surface area contributed by atoms with Gasteiger partial charge in [-0.3, -0.25) is 14.8 Å². The largest absolute Gasteiger partial charge is 0.335 e. The minimum atomic E-state index is 0.0471. The second-order valence-corrected chi connectivity index (χ2v) is 5.86. The molecule has 0 atom stereocenters. The Morgan fingerprint density at radius 3 is 2.50 bits per heavy atom. The third kappa shape index (κ3) is 2.78. The number of nitrogens with zero attached hydrogens (tertiary/aromatic N) is 3. The first-order valence-electron chi connectivity index (χ1n) is 8.06. The number of hydrogen-bond donors (Lipinski definition) is 0. The van der Waals surface area contributed by atoms with Gasteiger partial charge in [-0.05, 0) is 35.8 Å². The first kappa shape index (κ1) is 14.6. The second kappa shape index (κ2) is 6.24. The average Bonchev–Trinajstić information content (AvgIpc) is 2.68. The van der Waals surface area contributed by atoms with Crippen molar-refractivity contribution in [3.8, 4) is 0 Å². The van der Waals surface area contributed by atoms with Crippen LogP contribution in [0.2, 0.25) is 0 Å². The molecule has 1 aliphatic rings. The van der Waals surface area contributed by atoms with Gasteiger partial charge in [-0.1, -0.05) is 36.4 Å². The van der Waals surface area contributed by atoms with Gasteiger partial charge in [-0.25, -0.2) is 0 Å². The lowest BCUT2D eigenvalue weighted by atomic mass is 9.99. The molecule has 4 rings (SSSR count). The fraction of sp³-hybridized carbons (Fsp3) is 0.150. The van der Waals surface area contributed by atoms with E-state index >= 15 is 0 Å². The summed E-state index contributed by atoms with van der Waals surface area (Å²) < 4.78 is 0. The van der Waals surface area contributed by atoms with Gasteiger partial charge in [0.1, 0.15) is 0 Å². The van der Waals surface area contributed by atoms with E-state index in [2.05, 4.69) is 28.2 Å². The molecular weight excluding hydrogens is 298 g/mol. The van der Waals surface area contributed by atoms with Crippen LogP contribution in [0, 0.1) is 0 Å². The van der Waals surface area contributed by atoms with Crippen LogP contribution in [0.5, 0.6) is 0 Å². The SMILES string of the molecule is O=C(c1ccc2nccnc2c1)N1CC=C(c2ccccc2)CC1. The van der Waals surface area contributed by atoms with Crippen molar-refractivity contribution < 1.29 is 4.79 Å². The van der Waals surface area contributed by atoms with Gasteiger partial charge in [0.15, 0.2) is 0 Å². The maximum absolute atomic E-state index is 12.7. The third-order valence-corrected chi connectivity index (χ3v) is 4.36. The van der Waals surface area contributed by atoms with E-state index in [1.807, 2.05) is 41.3 Å². The molecule has 2 heterocycles. The summed E-state index contributed by atoms with van der Waals surface area (Å²) in [6, 6.07) is 15.8. The molecule has 0 saturated heterocycles. The van der Waals surface area contributed by atoms with Crippen LogP contribution in [0.3, 0.4) is 0 Å². The van der Waals surface area contributed by atoms with Crippen LogP contribution in [0.4, 0.5) is 0 Å². The van der Waals surface area contributed by atoms with Crippen molar-refractivity contribution in [3.63, 3.8) is 0 Å². The van der Waals surface area contributed by atoms with Crippen molar-refractivity contribution in [1.29, 1.82) is 0 Å². The van der Waals surface area contributed by atoms with Gasteiger partial charge in [0.05, 0.1) is 11.0 Å². The summed E-state index contributed by atoms with van der Waals surface area (Å²) in [6.07, 6.45) is 6.33. The van der Waals surface area contributed by atoms with Gasteiger partial charge in [0, 0.05) is 31.0 Å². The standard InChI is InChI=1S/C20H17N3O/c24-20(17-6-7-18-19(14-17)22-11-10-21-18)23-12-8-16(9-13-23)15-4-2-1-3-5-15/h1-8,10-11,14H,9,12-13H2. The Labute approximate surface area is 140 Å². The molecule has 0 aliphatic carbocycles. The van der Waals surface area contributed by atoms with Crippen LogP contribution in [0.15, 0.2) is 67.0 Å². The van der Waals surface area contributed by atoms with Gasteiger partial charge in [0.25, 0.3) is 5.91 Å². The molecule has 0 N–H and O–H groups in total. The van der Waals surface area contributed by atoms with Crippen LogP contribution >= 0.6 is 0 Å². The number of carbonyl (C=O) groups is 1. The summed E-state index contributed by atoms with van der Waals surface area (Å²) in [7, 11) is 0. The van der Waals surface area contributed by atoms with E-state index in [-0.39, 0.29) is 5.91 Å². The van der Waals surface area contributed by atoms with Crippen molar-refractivity contribution in [1.82, 2.24) is 14.9 Å². The van der Waals surface area contributed by atoms with E-state index < -0.39 is 0 Å². The van der Waals surface area contributed by atoms with Gasteiger partial charge in [-0.2, -0.15) is 0 Å². The van der Waals surface area contributed by atoms with Crippen LogP contribution in [0.1, 0.15) is 22.3 Å². The fourth-order valence-corrected chi connectivity index (χ4v) is 3.05. The minimum absolute atomic E-state index is 0.0471. The summed E-state index contributed by atoms with van der Waals surface area (Å²) in [6.45, 7) is 1.37. The van der Waals surface area contributed by atoms with Crippen molar-refractivity contribution in [2.45, 2.75) is 6.42 Å². The van der Waals surface area contributed by atoms with E-state index in [0.29, 0.717) is 12.1 Å².